The summed E-state index contributed by atoms with van der Waals surface area (Å²) in [5, 5.41) is 10.1. The minimum atomic E-state index is -0.686. The van der Waals surface area contributed by atoms with Crippen LogP contribution in [0.3, 0.4) is 0 Å². The van der Waals surface area contributed by atoms with Crippen molar-refractivity contribution in [3.63, 3.8) is 0 Å². The molecule has 0 saturated carbocycles. The fourth-order valence-electron chi connectivity index (χ4n) is 2.95. The number of allylic oxidation sites excluding steroid dienone is 1. The average molecular weight is 396 g/mol. The molecule has 0 aliphatic carbocycles. The smallest absolute Gasteiger partial charge is 0.324 e. The first kappa shape index (κ1) is 18.6. The molecule has 0 aliphatic rings. The molecular weight excluding hydrogens is 378 g/mol. The number of hydrogen-bond acceptors (Lipinski definition) is 5. The number of aromatic amines is 2. The maximum atomic E-state index is 14.8. The predicted molar refractivity (Wildman–Crippen MR) is 106 cm³/mol. The van der Waals surface area contributed by atoms with Crippen molar-refractivity contribution in [2.75, 3.05) is 5.32 Å². The first-order valence-electron chi connectivity index (χ1n) is 8.89. The lowest BCUT2D eigenvalue weighted by atomic mass is 10.2. The van der Waals surface area contributed by atoms with Gasteiger partial charge in [0.15, 0.2) is 23.2 Å². The number of aryl methyl sites for hydroxylation is 2. The van der Waals surface area contributed by atoms with Gasteiger partial charge in [-0.05, 0) is 32.9 Å². The number of anilines is 2. The molecule has 0 saturated heterocycles. The fourth-order valence-corrected chi connectivity index (χ4v) is 2.95. The highest BCUT2D eigenvalue weighted by Gasteiger charge is 2.17. The molecular formula is C20H18F2N6O. The molecule has 0 radical (unpaired) electrons. The second-order valence-corrected chi connectivity index (χ2v) is 6.52. The summed E-state index contributed by atoms with van der Waals surface area (Å²) >= 11 is 0. The Balaban J connectivity index is 1.64. The molecule has 1 aromatic carbocycles. The fraction of sp³-hybridized carbons (Fsp3) is 0.150. The Morgan fingerprint density at radius 2 is 1.90 bits per heavy atom. The van der Waals surface area contributed by atoms with E-state index in [1.165, 1.54) is 6.07 Å². The zero-order valence-electron chi connectivity index (χ0n) is 16.0. The molecule has 148 valence electrons. The van der Waals surface area contributed by atoms with Crippen molar-refractivity contribution in [1.29, 1.82) is 0 Å². The van der Waals surface area contributed by atoms with Crippen LogP contribution in [0.25, 0.3) is 17.0 Å². The van der Waals surface area contributed by atoms with Gasteiger partial charge in [0, 0.05) is 35.0 Å². The Morgan fingerprint density at radius 3 is 2.69 bits per heavy atom. The maximum Gasteiger partial charge on any atom is 0.324 e. The predicted octanol–water partition coefficient (Wildman–Crippen LogP) is 5.15. The quantitative estimate of drug-likeness (QED) is 0.434. The van der Waals surface area contributed by atoms with Crippen molar-refractivity contribution >= 4 is 28.6 Å². The van der Waals surface area contributed by atoms with Crippen molar-refractivity contribution in [1.82, 2.24) is 25.1 Å². The number of H-pyrrole nitrogens is 2. The lowest BCUT2D eigenvalue weighted by Gasteiger charge is -2.09. The SMILES string of the molecule is C/C=C/c1cc(Nc2cc(C)nc(Oc3cc(F)c4[nH]c(C)cc4c3F)n2)n[nH]1. The molecule has 7 nitrogen and oxygen atoms in total. The number of benzene rings is 1. The summed E-state index contributed by atoms with van der Waals surface area (Å²) < 4.78 is 34.6. The summed E-state index contributed by atoms with van der Waals surface area (Å²) in [6.07, 6.45) is 3.75. The highest BCUT2D eigenvalue weighted by atomic mass is 19.1. The Hall–Kier alpha value is -3.75. The minimum absolute atomic E-state index is 0.0929. The van der Waals surface area contributed by atoms with E-state index in [4.69, 9.17) is 4.74 Å². The van der Waals surface area contributed by atoms with Gasteiger partial charge in [-0.15, -0.1) is 0 Å². The van der Waals surface area contributed by atoms with E-state index in [-0.39, 0.29) is 22.7 Å². The van der Waals surface area contributed by atoms with Crippen LogP contribution in [0.4, 0.5) is 20.4 Å². The van der Waals surface area contributed by atoms with E-state index in [0.29, 0.717) is 23.0 Å². The zero-order valence-corrected chi connectivity index (χ0v) is 16.0. The summed E-state index contributed by atoms with van der Waals surface area (Å²) in [6.45, 7) is 5.36. The van der Waals surface area contributed by atoms with Gasteiger partial charge in [-0.1, -0.05) is 6.08 Å². The van der Waals surface area contributed by atoms with Crippen LogP contribution < -0.4 is 10.1 Å². The maximum absolute atomic E-state index is 14.8. The lowest BCUT2D eigenvalue weighted by molar-refractivity contribution is 0.410. The Kier molecular flexibility index (Phi) is 4.71. The van der Waals surface area contributed by atoms with Crippen LogP contribution in [0, 0.1) is 25.5 Å². The van der Waals surface area contributed by atoms with Gasteiger partial charge in [0.2, 0.25) is 0 Å². The van der Waals surface area contributed by atoms with Crippen LogP contribution in [0.1, 0.15) is 24.0 Å². The normalized spacial score (nSPS) is 11.5. The Labute approximate surface area is 164 Å². The Morgan fingerprint density at radius 1 is 1.07 bits per heavy atom. The average Bonchev–Trinajstić information content (AvgIpc) is 3.26. The molecule has 0 amide bonds. The highest BCUT2D eigenvalue weighted by molar-refractivity contribution is 5.83. The first-order valence-corrected chi connectivity index (χ1v) is 8.89. The molecule has 0 aliphatic heterocycles. The number of nitrogens with one attached hydrogen (secondary N) is 3. The monoisotopic (exact) mass is 396 g/mol. The van der Waals surface area contributed by atoms with E-state index in [1.807, 2.05) is 19.1 Å². The summed E-state index contributed by atoms with van der Waals surface area (Å²) in [4.78, 5) is 11.2. The summed E-state index contributed by atoms with van der Waals surface area (Å²) in [5.74, 6) is -0.646. The summed E-state index contributed by atoms with van der Waals surface area (Å²) in [5.41, 5.74) is 2.14. The van der Waals surface area contributed by atoms with Crippen molar-refractivity contribution in [3.8, 4) is 11.8 Å². The number of rotatable bonds is 5. The molecule has 29 heavy (non-hydrogen) atoms. The van der Waals surface area contributed by atoms with Crippen LogP contribution in [-0.2, 0) is 0 Å². The van der Waals surface area contributed by atoms with Gasteiger partial charge in [-0.3, -0.25) is 5.10 Å². The van der Waals surface area contributed by atoms with Crippen LogP contribution in [0.2, 0.25) is 0 Å². The summed E-state index contributed by atoms with van der Waals surface area (Å²) in [7, 11) is 0. The zero-order chi connectivity index (χ0) is 20.5. The molecule has 0 unspecified atom stereocenters. The molecule has 3 N–H and O–H groups in total. The third kappa shape index (κ3) is 3.79. The van der Waals surface area contributed by atoms with Crippen molar-refractivity contribution in [3.05, 3.63) is 59.1 Å². The standard InChI is InChI=1S/C20H18F2N6O/c1-4-5-12-8-17(28-27-12)25-16-7-11(3)24-20(26-16)29-15-9-14(21)19-13(18(15)22)6-10(2)23-19/h4-9,23H,1-3H3,(H2,24,25,26,27,28)/b5-4+. The third-order valence-electron chi connectivity index (χ3n) is 4.14. The van der Waals surface area contributed by atoms with Crippen LogP contribution in [0.15, 0.2) is 30.3 Å². The molecule has 3 aromatic heterocycles. The van der Waals surface area contributed by atoms with Gasteiger partial charge < -0.3 is 15.0 Å². The van der Waals surface area contributed by atoms with Crippen LogP contribution in [0.5, 0.6) is 11.8 Å². The number of aromatic nitrogens is 5. The third-order valence-corrected chi connectivity index (χ3v) is 4.14. The highest BCUT2D eigenvalue weighted by Crippen LogP contribution is 2.32. The number of ether oxygens (including phenoxy) is 1. The van der Waals surface area contributed by atoms with E-state index in [0.717, 1.165) is 11.8 Å². The van der Waals surface area contributed by atoms with E-state index >= 15 is 0 Å². The van der Waals surface area contributed by atoms with Crippen LogP contribution in [-0.4, -0.2) is 25.1 Å². The number of halogens is 2. The molecule has 4 rings (SSSR count). The number of hydrogen-bond donors (Lipinski definition) is 3. The first-order chi connectivity index (χ1) is 13.9. The van der Waals surface area contributed by atoms with E-state index in [9.17, 15) is 8.78 Å². The molecule has 0 bridgehead atoms. The second-order valence-electron chi connectivity index (χ2n) is 6.52. The largest absolute Gasteiger partial charge is 0.421 e. The van der Waals surface area contributed by atoms with Gasteiger partial charge in [-0.25, -0.2) is 13.8 Å². The molecule has 0 spiro atoms. The van der Waals surface area contributed by atoms with Gasteiger partial charge in [0.25, 0.3) is 0 Å². The van der Waals surface area contributed by atoms with E-state index in [1.54, 1.807) is 26.0 Å². The van der Waals surface area contributed by atoms with Crippen molar-refractivity contribution < 1.29 is 13.5 Å². The van der Waals surface area contributed by atoms with Crippen molar-refractivity contribution in [2.45, 2.75) is 20.8 Å². The van der Waals surface area contributed by atoms with Gasteiger partial charge in [-0.2, -0.15) is 10.1 Å². The van der Waals surface area contributed by atoms with E-state index in [2.05, 4.69) is 30.5 Å². The topological polar surface area (TPSA) is 91.5 Å². The van der Waals surface area contributed by atoms with E-state index < -0.39 is 11.6 Å². The minimum Gasteiger partial charge on any atom is -0.421 e. The molecule has 4 aromatic rings. The molecule has 3 heterocycles. The molecule has 0 atom stereocenters. The van der Waals surface area contributed by atoms with Crippen molar-refractivity contribution in [2.24, 2.45) is 0 Å². The second kappa shape index (κ2) is 7.34. The van der Waals surface area contributed by atoms with Gasteiger partial charge in [0.1, 0.15) is 5.82 Å². The van der Waals surface area contributed by atoms with Gasteiger partial charge in [0.05, 0.1) is 11.2 Å². The van der Waals surface area contributed by atoms with Crippen LogP contribution >= 0.6 is 0 Å². The number of fused-ring (bicyclic) bond motifs is 1. The molecule has 9 heteroatoms. The lowest BCUT2D eigenvalue weighted by Crippen LogP contribution is -2.01. The number of nitrogens with zero attached hydrogens (tertiary/aromatic N) is 3. The van der Waals surface area contributed by atoms with Gasteiger partial charge >= 0.3 is 6.01 Å². The summed E-state index contributed by atoms with van der Waals surface area (Å²) in [6, 6.07) is 5.87. The molecule has 0 fully saturated rings. The Bertz CT molecular complexity index is 1230.